The van der Waals surface area contributed by atoms with Gasteiger partial charge in [-0.25, -0.2) is 0 Å². The molecule has 6 heteroatoms. The molecular weight excluding hydrogens is 235 g/mol. The predicted octanol–water partition coefficient (Wildman–Crippen LogP) is 2.61. The molecule has 1 aliphatic heterocycles. The molecule has 0 aliphatic carbocycles. The van der Waals surface area contributed by atoms with Crippen molar-refractivity contribution >= 4 is 5.91 Å². The highest BCUT2D eigenvalue weighted by atomic mass is 19.4. The standard InChI is InChI=1S/C11H8F3NO2/c12-11(13,14)9-5-2-1-4-8(9)10(16)15-6-3-7-17-15/h1-5,7H,6H2. The Bertz CT molecular complexity index is 460. The van der Waals surface area contributed by atoms with Gasteiger partial charge in [0.1, 0.15) is 6.26 Å². The minimum atomic E-state index is -4.56. The Balaban J connectivity index is 2.35. The zero-order valence-corrected chi connectivity index (χ0v) is 8.57. The third-order valence-electron chi connectivity index (χ3n) is 2.24. The van der Waals surface area contributed by atoms with Gasteiger partial charge in [-0.2, -0.15) is 18.2 Å². The average molecular weight is 243 g/mol. The fourth-order valence-electron chi connectivity index (χ4n) is 1.48. The minimum Gasteiger partial charge on any atom is -0.384 e. The van der Waals surface area contributed by atoms with E-state index in [9.17, 15) is 18.0 Å². The molecule has 2 rings (SSSR count). The van der Waals surface area contributed by atoms with Gasteiger partial charge in [0, 0.05) is 0 Å². The highest BCUT2D eigenvalue weighted by molar-refractivity contribution is 5.95. The maximum Gasteiger partial charge on any atom is 0.417 e. The molecule has 1 aliphatic rings. The van der Waals surface area contributed by atoms with Crippen LogP contribution in [0.3, 0.4) is 0 Å². The van der Waals surface area contributed by atoms with Crippen molar-refractivity contribution in [2.75, 3.05) is 6.54 Å². The number of hydrogen-bond acceptors (Lipinski definition) is 2. The normalized spacial score (nSPS) is 14.9. The molecule has 0 radical (unpaired) electrons. The van der Waals surface area contributed by atoms with Crippen molar-refractivity contribution in [3.05, 3.63) is 47.7 Å². The van der Waals surface area contributed by atoms with Crippen LogP contribution >= 0.6 is 0 Å². The monoisotopic (exact) mass is 243 g/mol. The lowest BCUT2D eigenvalue weighted by atomic mass is 10.1. The number of hydrogen-bond donors (Lipinski definition) is 0. The van der Waals surface area contributed by atoms with Crippen LogP contribution in [0.2, 0.25) is 0 Å². The number of halogens is 3. The van der Waals surface area contributed by atoms with Crippen LogP contribution in [0, 0.1) is 0 Å². The van der Waals surface area contributed by atoms with Crippen molar-refractivity contribution in [1.82, 2.24) is 5.06 Å². The predicted molar refractivity (Wildman–Crippen MR) is 52.7 cm³/mol. The quantitative estimate of drug-likeness (QED) is 0.758. The molecular formula is C11H8F3NO2. The number of carbonyl (C=O) groups excluding carboxylic acids is 1. The van der Waals surface area contributed by atoms with Crippen molar-refractivity contribution in [2.24, 2.45) is 0 Å². The number of nitrogens with zero attached hydrogens (tertiary/aromatic N) is 1. The lowest BCUT2D eigenvalue weighted by Crippen LogP contribution is -2.28. The summed E-state index contributed by atoms with van der Waals surface area (Å²) in [5.41, 5.74) is -1.37. The Kier molecular flexibility index (Phi) is 2.79. The van der Waals surface area contributed by atoms with Crippen LogP contribution in [0.25, 0.3) is 0 Å². The molecule has 0 bridgehead atoms. The van der Waals surface area contributed by atoms with Crippen molar-refractivity contribution in [1.29, 1.82) is 0 Å². The molecule has 0 N–H and O–H groups in total. The SMILES string of the molecule is O=C(c1ccccc1C(F)(F)F)N1CC=CO1. The van der Waals surface area contributed by atoms with Crippen molar-refractivity contribution in [2.45, 2.75) is 6.18 Å². The highest BCUT2D eigenvalue weighted by Crippen LogP contribution is 2.32. The maximum absolute atomic E-state index is 12.7. The summed E-state index contributed by atoms with van der Waals surface area (Å²) in [6.45, 7) is 0.144. The van der Waals surface area contributed by atoms with Gasteiger partial charge in [0.25, 0.3) is 5.91 Å². The molecule has 0 fully saturated rings. The van der Waals surface area contributed by atoms with Crippen molar-refractivity contribution < 1.29 is 22.8 Å². The van der Waals surface area contributed by atoms with E-state index in [1.807, 2.05) is 0 Å². The molecule has 0 atom stereocenters. The summed E-state index contributed by atoms with van der Waals surface area (Å²) < 4.78 is 38.0. The van der Waals surface area contributed by atoms with Crippen molar-refractivity contribution in [3.63, 3.8) is 0 Å². The Hall–Kier alpha value is -1.98. The Morgan fingerprint density at radius 3 is 2.59 bits per heavy atom. The first-order chi connectivity index (χ1) is 8.00. The van der Waals surface area contributed by atoms with Gasteiger partial charge < -0.3 is 4.84 Å². The van der Waals surface area contributed by atoms with E-state index >= 15 is 0 Å². The van der Waals surface area contributed by atoms with Gasteiger partial charge in [0.05, 0.1) is 17.7 Å². The van der Waals surface area contributed by atoms with E-state index in [2.05, 4.69) is 0 Å². The van der Waals surface area contributed by atoms with Crippen LogP contribution in [-0.2, 0) is 11.0 Å². The number of alkyl halides is 3. The number of amides is 1. The van der Waals surface area contributed by atoms with Gasteiger partial charge >= 0.3 is 6.18 Å². The molecule has 3 nitrogen and oxygen atoms in total. The third kappa shape index (κ3) is 2.25. The molecule has 1 heterocycles. The van der Waals surface area contributed by atoms with Gasteiger partial charge in [0.15, 0.2) is 0 Å². The van der Waals surface area contributed by atoms with Gasteiger partial charge in [0.2, 0.25) is 0 Å². The summed E-state index contributed by atoms with van der Waals surface area (Å²) in [5, 5.41) is 0.866. The van der Waals surface area contributed by atoms with E-state index in [1.165, 1.54) is 24.5 Å². The summed E-state index contributed by atoms with van der Waals surface area (Å²) in [7, 11) is 0. The van der Waals surface area contributed by atoms with Gasteiger partial charge in [-0.1, -0.05) is 12.1 Å². The lowest BCUT2D eigenvalue weighted by Gasteiger charge is -2.17. The summed E-state index contributed by atoms with van der Waals surface area (Å²) in [5.74, 6) is -0.803. The van der Waals surface area contributed by atoms with Crippen LogP contribution in [0.1, 0.15) is 15.9 Å². The smallest absolute Gasteiger partial charge is 0.384 e. The van der Waals surface area contributed by atoms with Gasteiger partial charge in [-0.05, 0) is 18.2 Å². The highest BCUT2D eigenvalue weighted by Gasteiger charge is 2.36. The lowest BCUT2D eigenvalue weighted by molar-refractivity contribution is -0.138. The van der Waals surface area contributed by atoms with Crippen LogP contribution in [0.15, 0.2) is 36.6 Å². The van der Waals surface area contributed by atoms with E-state index < -0.39 is 23.2 Å². The third-order valence-corrected chi connectivity index (χ3v) is 2.24. The topological polar surface area (TPSA) is 29.5 Å². The fraction of sp³-hybridized carbons (Fsp3) is 0.182. The minimum absolute atomic E-state index is 0.144. The number of benzene rings is 1. The maximum atomic E-state index is 12.7. The number of rotatable bonds is 1. The van der Waals surface area contributed by atoms with E-state index in [0.717, 1.165) is 17.2 Å². The summed E-state index contributed by atoms with van der Waals surface area (Å²) in [4.78, 5) is 16.5. The summed E-state index contributed by atoms with van der Waals surface area (Å²) in [6, 6.07) is 4.62. The molecule has 1 amide bonds. The Morgan fingerprint density at radius 1 is 1.29 bits per heavy atom. The number of hydroxylamine groups is 2. The second kappa shape index (κ2) is 4.12. The van der Waals surface area contributed by atoms with E-state index in [4.69, 9.17) is 4.84 Å². The molecule has 0 spiro atoms. The van der Waals surface area contributed by atoms with Crippen LogP contribution in [0.4, 0.5) is 13.2 Å². The van der Waals surface area contributed by atoms with Crippen molar-refractivity contribution in [3.8, 4) is 0 Å². The summed E-state index contributed by atoms with van der Waals surface area (Å²) >= 11 is 0. The molecule has 0 unspecified atom stereocenters. The number of carbonyl (C=O) groups is 1. The Labute approximate surface area is 95.0 Å². The van der Waals surface area contributed by atoms with E-state index in [0.29, 0.717) is 0 Å². The first-order valence-corrected chi connectivity index (χ1v) is 4.80. The molecule has 1 aromatic carbocycles. The molecule has 0 saturated carbocycles. The zero-order valence-electron chi connectivity index (χ0n) is 8.57. The van der Waals surface area contributed by atoms with Crippen LogP contribution < -0.4 is 0 Å². The van der Waals surface area contributed by atoms with E-state index in [1.54, 1.807) is 0 Å². The first kappa shape index (κ1) is 11.5. The first-order valence-electron chi connectivity index (χ1n) is 4.80. The van der Waals surface area contributed by atoms with Gasteiger partial charge in [-0.3, -0.25) is 4.79 Å². The van der Waals surface area contributed by atoms with Crippen LogP contribution in [-0.4, -0.2) is 17.5 Å². The average Bonchev–Trinajstić information content (AvgIpc) is 2.80. The second-order valence-electron chi connectivity index (χ2n) is 3.39. The largest absolute Gasteiger partial charge is 0.417 e. The molecule has 0 aromatic heterocycles. The zero-order chi connectivity index (χ0) is 12.5. The fourth-order valence-corrected chi connectivity index (χ4v) is 1.48. The second-order valence-corrected chi connectivity index (χ2v) is 3.39. The van der Waals surface area contributed by atoms with E-state index in [-0.39, 0.29) is 6.54 Å². The molecule has 17 heavy (non-hydrogen) atoms. The van der Waals surface area contributed by atoms with Crippen LogP contribution in [0.5, 0.6) is 0 Å². The summed E-state index contributed by atoms with van der Waals surface area (Å²) in [6.07, 6.45) is -1.76. The molecule has 0 saturated heterocycles. The Morgan fingerprint density at radius 2 is 2.00 bits per heavy atom. The van der Waals surface area contributed by atoms with Gasteiger partial charge in [-0.15, -0.1) is 0 Å². The molecule has 1 aromatic rings. The molecule has 90 valence electrons.